The number of ether oxygens (including phenoxy) is 2. The minimum Gasteiger partial charge on any atom is -0.461 e. The van der Waals surface area contributed by atoms with Crippen molar-refractivity contribution < 1.29 is 31.4 Å². The molecular formula is C28H33F5N6O2. The molecule has 0 aliphatic carbocycles. The lowest BCUT2D eigenvalue weighted by Gasteiger charge is -2.46. The van der Waals surface area contributed by atoms with Gasteiger partial charge < -0.3 is 25.4 Å². The molecule has 5 aliphatic rings. The van der Waals surface area contributed by atoms with E-state index in [2.05, 4.69) is 20.1 Å². The predicted octanol–water partition coefficient (Wildman–Crippen LogP) is 3.84. The fourth-order valence-electron chi connectivity index (χ4n) is 7.66. The van der Waals surface area contributed by atoms with Crippen molar-refractivity contribution in [2.45, 2.75) is 81.7 Å². The Labute approximate surface area is 234 Å². The quantitative estimate of drug-likeness (QED) is 0.408. The molecule has 5 aliphatic heterocycles. The largest absolute Gasteiger partial charge is 0.461 e. The van der Waals surface area contributed by atoms with Crippen molar-refractivity contribution in [3.63, 3.8) is 0 Å². The number of nitrogens with one attached hydrogen (secondary N) is 1. The normalized spacial score (nSPS) is 31.1. The highest BCUT2D eigenvalue weighted by molar-refractivity contribution is 5.57. The number of nitrogens with zero attached hydrogens (tertiary/aromatic N) is 4. The lowest BCUT2D eigenvalue weighted by molar-refractivity contribution is -0.140. The molecule has 0 bridgehead atoms. The minimum atomic E-state index is -4.80. The first-order valence-electron chi connectivity index (χ1n) is 14.2. The van der Waals surface area contributed by atoms with E-state index >= 15 is 4.39 Å². The average molecular weight is 581 g/mol. The molecule has 3 N–H and O–H groups in total. The molecule has 0 amide bonds. The van der Waals surface area contributed by atoms with Gasteiger partial charge in [-0.1, -0.05) is 0 Å². The fraction of sp³-hybridized carbons (Fsp3) is 0.643. The average Bonchev–Trinajstić information content (AvgIpc) is 3.55. The molecule has 5 atom stereocenters. The van der Waals surface area contributed by atoms with Gasteiger partial charge in [-0.25, -0.2) is 8.78 Å². The van der Waals surface area contributed by atoms with Crippen LogP contribution in [-0.2, 0) is 23.9 Å². The summed E-state index contributed by atoms with van der Waals surface area (Å²) in [4.78, 5) is 13.7. The molecule has 8 nitrogen and oxygen atoms in total. The van der Waals surface area contributed by atoms with E-state index in [1.165, 1.54) is 6.92 Å². The van der Waals surface area contributed by atoms with Gasteiger partial charge in [0.15, 0.2) is 5.82 Å². The van der Waals surface area contributed by atoms with Crippen LogP contribution in [0.1, 0.15) is 59.7 Å². The van der Waals surface area contributed by atoms with Gasteiger partial charge in [0.2, 0.25) is 0 Å². The lowest BCUT2D eigenvalue weighted by Crippen LogP contribution is -2.61. The van der Waals surface area contributed by atoms with E-state index in [9.17, 15) is 17.6 Å². The van der Waals surface area contributed by atoms with Gasteiger partial charge in [0.1, 0.15) is 18.6 Å². The molecular weight excluding hydrogens is 547 g/mol. The number of anilines is 2. The Hall–Kier alpha value is -2.77. The Balaban J connectivity index is 1.24. The number of aromatic nitrogens is 2. The van der Waals surface area contributed by atoms with Crippen LogP contribution in [0.5, 0.6) is 6.01 Å². The maximum atomic E-state index is 15.3. The van der Waals surface area contributed by atoms with Gasteiger partial charge in [-0.3, -0.25) is 4.90 Å². The molecule has 4 saturated heterocycles. The van der Waals surface area contributed by atoms with Crippen molar-refractivity contribution in [3.8, 4) is 6.01 Å². The maximum Gasteiger partial charge on any atom is 0.417 e. The number of nitrogen functional groups attached to an aromatic ring is 1. The summed E-state index contributed by atoms with van der Waals surface area (Å²) in [5, 5.41) is 3.46. The van der Waals surface area contributed by atoms with Gasteiger partial charge in [0, 0.05) is 49.1 Å². The van der Waals surface area contributed by atoms with Crippen molar-refractivity contribution in [2.24, 2.45) is 0 Å². The molecule has 0 saturated carbocycles. The number of aryl methyl sites for hydroxylation is 1. The lowest BCUT2D eigenvalue weighted by atomic mass is 9.90. The molecule has 2 aromatic rings. The highest BCUT2D eigenvalue weighted by Gasteiger charge is 2.50. The maximum absolute atomic E-state index is 15.3. The van der Waals surface area contributed by atoms with Crippen LogP contribution >= 0.6 is 0 Å². The summed E-state index contributed by atoms with van der Waals surface area (Å²) in [6.45, 7) is 4.21. The molecule has 41 heavy (non-hydrogen) atoms. The topological polar surface area (TPSA) is 88.8 Å². The molecule has 0 spiro atoms. The van der Waals surface area contributed by atoms with Crippen LogP contribution in [0.3, 0.4) is 0 Å². The highest BCUT2D eigenvalue weighted by Crippen LogP contribution is 2.46. The van der Waals surface area contributed by atoms with Crippen molar-refractivity contribution >= 4 is 11.5 Å². The van der Waals surface area contributed by atoms with Crippen LogP contribution in [0.4, 0.5) is 33.5 Å². The minimum absolute atomic E-state index is 0.0806. The highest BCUT2D eigenvalue weighted by atomic mass is 19.4. The fourth-order valence-corrected chi connectivity index (χ4v) is 7.66. The van der Waals surface area contributed by atoms with Crippen molar-refractivity contribution in [2.75, 3.05) is 43.4 Å². The molecule has 4 fully saturated rings. The Morgan fingerprint density at radius 2 is 2.10 bits per heavy atom. The second kappa shape index (κ2) is 9.63. The number of halogens is 5. The van der Waals surface area contributed by atoms with Crippen molar-refractivity contribution in [3.05, 3.63) is 39.8 Å². The number of fused-ring (bicyclic) bond motifs is 3. The third-order valence-corrected chi connectivity index (χ3v) is 9.60. The zero-order valence-corrected chi connectivity index (χ0v) is 22.7. The summed E-state index contributed by atoms with van der Waals surface area (Å²) in [5.41, 5.74) is 4.26. The van der Waals surface area contributed by atoms with Gasteiger partial charge in [0.25, 0.3) is 0 Å². The number of hydrogen-bond acceptors (Lipinski definition) is 8. The second-order valence-electron chi connectivity index (χ2n) is 12.1. The Morgan fingerprint density at radius 3 is 2.88 bits per heavy atom. The van der Waals surface area contributed by atoms with Crippen LogP contribution in [0, 0.1) is 12.7 Å². The van der Waals surface area contributed by atoms with Gasteiger partial charge in [-0.2, -0.15) is 23.1 Å². The van der Waals surface area contributed by atoms with E-state index < -0.39 is 40.9 Å². The third kappa shape index (κ3) is 4.42. The Morgan fingerprint density at radius 1 is 1.27 bits per heavy atom. The van der Waals surface area contributed by atoms with Crippen molar-refractivity contribution in [1.29, 1.82) is 0 Å². The zero-order valence-electron chi connectivity index (χ0n) is 22.7. The van der Waals surface area contributed by atoms with Gasteiger partial charge >= 0.3 is 12.2 Å². The summed E-state index contributed by atoms with van der Waals surface area (Å²) < 4.78 is 84.0. The standard InChI is InChI=1S/C28H33F5N6O2/c1-14-7-17(34)24(30)22(23(14)28(31,32)33)21-8-18-16(12-40-21)25(39-11-19-20(39)3-5-35-19)37-26(36-18)41-13-27-4-2-6-38(27)10-15(29)9-27/h7,15,19-21,35H,2-6,8-13,34H2,1H3/t15-,19+,20+,21-,27+/m1/s1. The molecule has 1 aromatic heterocycles. The molecule has 0 radical (unpaired) electrons. The summed E-state index contributed by atoms with van der Waals surface area (Å²) in [6, 6.07) is 1.66. The summed E-state index contributed by atoms with van der Waals surface area (Å²) >= 11 is 0. The van der Waals surface area contributed by atoms with E-state index in [4.69, 9.17) is 20.2 Å². The van der Waals surface area contributed by atoms with Crippen LogP contribution < -0.4 is 20.7 Å². The molecule has 0 unspecified atom stereocenters. The molecule has 222 valence electrons. The summed E-state index contributed by atoms with van der Waals surface area (Å²) in [6.07, 6.45) is -3.97. The zero-order chi connectivity index (χ0) is 28.7. The summed E-state index contributed by atoms with van der Waals surface area (Å²) in [5.74, 6) is -0.503. The van der Waals surface area contributed by atoms with Crippen LogP contribution in [0.25, 0.3) is 0 Å². The number of nitrogens with two attached hydrogens (primary N) is 1. The number of alkyl halides is 4. The Kier molecular flexibility index (Phi) is 6.36. The molecule has 1 aromatic carbocycles. The molecule has 7 rings (SSSR count). The van der Waals surface area contributed by atoms with Gasteiger partial charge in [-0.05, 0) is 50.9 Å². The van der Waals surface area contributed by atoms with Crippen LogP contribution in [0.15, 0.2) is 6.07 Å². The molecule has 6 heterocycles. The predicted molar refractivity (Wildman–Crippen MR) is 140 cm³/mol. The first kappa shape index (κ1) is 27.1. The van der Waals surface area contributed by atoms with E-state index in [-0.39, 0.29) is 42.9 Å². The number of benzene rings is 1. The van der Waals surface area contributed by atoms with Gasteiger partial charge in [0.05, 0.1) is 35.2 Å². The summed E-state index contributed by atoms with van der Waals surface area (Å²) in [7, 11) is 0. The van der Waals surface area contributed by atoms with Crippen LogP contribution in [-0.4, -0.2) is 71.4 Å². The van der Waals surface area contributed by atoms with E-state index in [1.807, 2.05) is 0 Å². The number of hydrogen-bond donors (Lipinski definition) is 2. The SMILES string of the molecule is Cc1cc(N)c(F)c([C@H]2Cc3nc(OC[C@@]45CCCN4C[C@H](F)C5)nc(N4C[C@@H]5NCC[C@@H]54)c3CO2)c1C(F)(F)F. The third-order valence-electron chi connectivity index (χ3n) is 9.60. The van der Waals surface area contributed by atoms with E-state index in [1.54, 1.807) is 0 Å². The van der Waals surface area contributed by atoms with E-state index in [0.29, 0.717) is 36.1 Å². The smallest absolute Gasteiger partial charge is 0.417 e. The number of rotatable bonds is 5. The van der Waals surface area contributed by atoms with Gasteiger partial charge in [-0.15, -0.1) is 0 Å². The first-order valence-corrected chi connectivity index (χ1v) is 14.2. The van der Waals surface area contributed by atoms with Crippen molar-refractivity contribution in [1.82, 2.24) is 20.2 Å². The van der Waals surface area contributed by atoms with Crippen LogP contribution in [0.2, 0.25) is 0 Å². The molecule has 13 heteroatoms. The van der Waals surface area contributed by atoms with E-state index in [0.717, 1.165) is 45.0 Å². The Bertz CT molecular complexity index is 1370. The second-order valence-corrected chi connectivity index (χ2v) is 12.1. The first-order chi connectivity index (χ1) is 19.5. The monoisotopic (exact) mass is 580 g/mol.